The van der Waals surface area contributed by atoms with Crippen molar-refractivity contribution in [1.82, 2.24) is 0 Å². The number of hydrogen-bond donors (Lipinski definition) is 0. The van der Waals surface area contributed by atoms with Gasteiger partial charge in [-0.3, -0.25) is 0 Å². The largest absolute Gasteiger partial charge is 0.456 e. The molecule has 0 fully saturated rings. The molecule has 3 nitrogen and oxygen atoms in total. The number of rotatable bonds is 4. The molecule has 0 aliphatic heterocycles. The molecule has 3 aromatic carbocycles. The van der Waals surface area contributed by atoms with Crippen molar-refractivity contribution in [2.75, 3.05) is 0 Å². The first-order chi connectivity index (χ1) is 19.6. The summed E-state index contributed by atoms with van der Waals surface area (Å²) in [5.74, 6) is 0.377. The molecule has 0 aliphatic carbocycles. The van der Waals surface area contributed by atoms with Crippen LogP contribution in [0.15, 0.2) is 65.0 Å². The maximum absolute atomic E-state index is 8.64. The monoisotopic (exact) mass is 508 g/mol. The van der Waals surface area contributed by atoms with Crippen LogP contribution < -0.4 is 9.75 Å². The Morgan fingerprint density at radius 3 is 2.16 bits per heavy atom. The van der Waals surface area contributed by atoms with E-state index in [2.05, 4.69) is 75.9 Å². The van der Waals surface area contributed by atoms with Crippen molar-refractivity contribution in [2.24, 2.45) is 7.05 Å². The fourth-order valence-corrected chi connectivity index (χ4v) is 7.32. The molecule has 2 heterocycles. The number of furan rings is 1. The standard InChI is InChI=1S/C33H35N2OSi/c1-20(2)29-22(4)35(6)27(19-28(29)37(7,8)9)30-21(3)15-16-24-25-17-18-26(34-5)31(33(25)36-32(24)30)23-13-11-10-12-14-23/h10-20H,1-4,6-9H3/q+1/i10D,11D,12D,13D,14D. The van der Waals surface area contributed by atoms with Gasteiger partial charge in [0.05, 0.1) is 27.1 Å². The smallest absolute Gasteiger partial charge is 0.216 e. The lowest BCUT2D eigenvalue weighted by molar-refractivity contribution is -0.667. The van der Waals surface area contributed by atoms with E-state index in [4.69, 9.17) is 17.8 Å². The highest BCUT2D eigenvalue weighted by Gasteiger charge is 2.31. The molecule has 0 spiro atoms. The summed E-state index contributed by atoms with van der Waals surface area (Å²) in [6.07, 6.45) is 0. The lowest BCUT2D eigenvalue weighted by Gasteiger charge is -2.24. The number of hydrogen-bond acceptors (Lipinski definition) is 1. The molecule has 5 aromatic rings. The molecule has 186 valence electrons. The van der Waals surface area contributed by atoms with Crippen LogP contribution in [-0.4, -0.2) is 8.07 Å². The molecule has 0 atom stereocenters. The van der Waals surface area contributed by atoms with E-state index in [1.165, 1.54) is 16.4 Å². The lowest BCUT2D eigenvalue weighted by atomic mass is 9.96. The Kier molecular flexibility index (Phi) is 4.73. The van der Waals surface area contributed by atoms with Crippen molar-refractivity contribution >= 4 is 40.9 Å². The fraction of sp³-hybridized carbons (Fsp3) is 0.273. The average molecular weight is 509 g/mol. The predicted octanol–water partition coefficient (Wildman–Crippen LogP) is 8.58. The third-order valence-electron chi connectivity index (χ3n) is 7.33. The van der Waals surface area contributed by atoms with Gasteiger partial charge >= 0.3 is 0 Å². The van der Waals surface area contributed by atoms with Gasteiger partial charge in [-0.2, -0.15) is 4.57 Å². The molecule has 0 saturated carbocycles. The summed E-state index contributed by atoms with van der Waals surface area (Å²) in [6, 6.07) is 7.78. The lowest BCUT2D eigenvalue weighted by Crippen LogP contribution is -2.47. The minimum Gasteiger partial charge on any atom is -0.456 e. The van der Waals surface area contributed by atoms with Crippen LogP contribution in [0, 0.1) is 20.4 Å². The van der Waals surface area contributed by atoms with Gasteiger partial charge < -0.3 is 4.42 Å². The molecule has 4 heteroatoms. The highest BCUT2D eigenvalue weighted by Crippen LogP contribution is 2.44. The number of benzene rings is 3. The van der Waals surface area contributed by atoms with Crippen LogP contribution in [0.25, 0.3) is 49.2 Å². The Bertz CT molecular complexity index is 1970. The van der Waals surface area contributed by atoms with Crippen LogP contribution in [0.3, 0.4) is 0 Å². The van der Waals surface area contributed by atoms with Gasteiger partial charge in [0.25, 0.3) is 0 Å². The molecule has 0 aliphatic rings. The second-order valence-corrected chi connectivity index (χ2v) is 16.1. The summed E-state index contributed by atoms with van der Waals surface area (Å²) in [5.41, 5.74) is 6.96. The zero-order valence-corrected chi connectivity index (χ0v) is 23.8. The molecular formula is C33H35N2OSi+. The Morgan fingerprint density at radius 1 is 0.946 bits per heavy atom. The van der Waals surface area contributed by atoms with Crippen LogP contribution in [0.4, 0.5) is 5.69 Å². The van der Waals surface area contributed by atoms with Crippen LogP contribution in [0.2, 0.25) is 19.6 Å². The van der Waals surface area contributed by atoms with Crippen molar-refractivity contribution in [3.05, 3.63) is 88.8 Å². The first kappa shape index (κ1) is 19.4. The third kappa shape index (κ3) is 3.99. The van der Waals surface area contributed by atoms with E-state index in [-0.39, 0.29) is 28.9 Å². The van der Waals surface area contributed by atoms with Gasteiger partial charge in [-0.15, -0.1) is 0 Å². The maximum Gasteiger partial charge on any atom is 0.216 e. The number of fused-ring (bicyclic) bond motifs is 3. The van der Waals surface area contributed by atoms with Crippen molar-refractivity contribution in [3.8, 4) is 22.4 Å². The summed E-state index contributed by atoms with van der Waals surface area (Å²) in [5, 5.41) is 2.98. The number of pyridine rings is 1. The maximum atomic E-state index is 8.64. The Labute approximate surface area is 228 Å². The Balaban J connectivity index is 1.96. The van der Waals surface area contributed by atoms with Crippen LogP contribution in [0.5, 0.6) is 0 Å². The van der Waals surface area contributed by atoms with Crippen LogP contribution >= 0.6 is 0 Å². The van der Waals surface area contributed by atoms with Crippen molar-refractivity contribution < 1.29 is 15.8 Å². The van der Waals surface area contributed by atoms with Gasteiger partial charge in [-0.1, -0.05) is 88.0 Å². The number of aryl methyl sites for hydroxylation is 1. The van der Waals surface area contributed by atoms with E-state index in [1.807, 2.05) is 12.1 Å². The quantitative estimate of drug-likeness (QED) is 0.135. The van der Waals surface area contributed by atoms with Gasteiger partial charge in [0.15, 0.2) is 11.4 Å². The number of aromatic nitrogens is 1. The SMILES string of the molecule is [2H]c1c([2H])c([2H])c(-c2c([N+]#[C-])ccc3c2oc2c(-c4cc([Si](C)(C)C)c(C(C)C)c(C)[n+]4C)c(C)ccc23)c([2H])c1[2H]. The summed E-state index contributed by atoms with van der Waals surface area (Å²) >= 11 is 0. The van der Waals surface area contributed by atoms with Crippen LogP contribution in [0.1, 0.15) is 43.4 Å². The first-order valence-electron chi connectivity index (χ1n) is 15.1. The molecule has 0 bridgehead atoms. The Hall–Kier alpha value is -3.68. The zero-order valence-electron chi connectivity index (χ0n) is 27.8. The molecule has 37 heavy (non-hydrogen) atoms. The van der Waals surface area contributed by atoms with Gasteiger partial charge in [-0.05, 0) is 29.2 Å². The normalized spacial score (nSPS) is 13.9. The highest BCUT2D eigenvalue weighted by atomic mass is 28.3. The van der Waals surface area contributed by atoms with Gasteiger partial charge in [0.2, 0.25) is 5.69 Å². The average Bonchev–Trinajstić information content (AvgIpc) is 3.30. The van der Waals surface area contributed by atoms with Gasteiger partial charge in [0, 0.05) is 34.9 Å². The molecule has 0 saturated heterocycles. The fourth-order valence-electron chi connectivity index (χ4n) is 5.48. The van der Waals surface area contributed by atoms with E-state index >= 15 is 0 Å². The topological polar surface area (TPSA) is 21.4 Å². The van der Waals surface area contributed by atoms with Crippen molar-refractivity contribution in [2.45, 2.75) is 53.3 Å². The van der Waals surface area contributed by atoms with Crippen LogP contribution in [-0.2, 0) is 7.05 Å². The predicted molar refractivity (Wildman–Crippen MR) is 159 cm³/mol. The van der Waals surface area contributed by atoms with E-state index in [0.717, 1.165) is 27.6 Å². The summed E-state index contributed by atoms with van der Waals surface area (Å²) in [7, 11) is 0.345. The van der Waals surface area contributed by atoms with E-state index in [1.54, 1.807) is 6.07 Å². The Morgan fingerprint density at radius 2 is 1.57 bits per heavy atom. The van der Waals surface area contributed by atoms with E-state index < -0.39 is 26.2 Å². The highest BCUT2D eigenvalue weighted by molar-refractivity contribution is 6.89. The van der Waals surface area contributed by atoms with Gasteiger partial charge in [-0.25, -0.2) is 4.85 Å². The first-order valence-corrected chi connectivity index (χ1v) is 16.1. The summed E-state index contributed by atoms with van der Waals surface area (Å²) in [4.78, 5) is 3.67. The van der Waals surface area contributed by atoms with Crippen molar-refractivity contribution in [3.63, 3.8) is 0 Å². The van der Waals surface area contributed by atoms with E-state index in [9.17, 15) is 0 Å². The molecular weight excluding hydrogens is 468 g/mol. The van der Waals surface area contributed by atoms with E-state index in [0.29, 0.717) is 17.1 Å². The third-order valence-corrected chi connectivity index (χ3v) is 9.36. The summed E-state index contributed by atoms with van der Waals surface area (Å²) in [6.45, 7) is 23.7. The minimum absolute atomic E-state index is 0.0290. The molecule has 5 rings (SSSR count). The molecule has 2 aromatic heterocycles. The minimum atomic E-state index is -1.74. The molecule has 0 N–H and O–H groups in total. The van der Waals surface area contributed by atoms with Gasteiger partial charge in [0.1, 0.15) is 18.2 Å². The van der Waals surface area contributed by atoms with Crippen molar-refractivity contribution in [1.29, 1.82) is 0 Å². The second kappa shape index (κ2) is 9.01. The second-order valence-electron chi connectivity index (χ2n) is 11.1. The zero-order chi connectivity index (χ0) is 31.0. The number of nitrogens with zero attached hydrogens (tertiary/aromatic N) is 2. The summed E-state index contributed by atoms with van der Waals surface area (Å²) < 4.78 is 50.7. The molecule has 0 unspecified atom stereocenters. The molecule has 0 radical (unpaired) electrons. The molecule has 0 amide bonds.